The second-order valence-electron chi connectivity index (χ2n) is 8.09. The molecule has 3 N–H and O–H groups in total. The normalized spacial score (nSPS) is 18.0. The second-order valence-corrected chi connectivity index (χ2v) is 9.56. The molecule has 1 aliphatic rings. The summed E-state index contributed by atoms with van der Waals surface area (Å²) < 4.78 is 1.19. The summed E-state index contributed by atoms with van der Waals surface area (Å²) in [6.07, 6.45) is 2.13. The number of H-pyrrole nitrogens is 1. The largest absolute Gasteiger partial charge is 0.362 e. The average molecular weight is 559 g/mol. The molecular weight excluding hydrogens is 533 g/mol. The lowest BCUT2D eigenvalue weighted by Crippen LogP contribution is -2.33. The number of hydrogen-bond donors (Lipinski definition) is 3. The minimum atomic E-state index is -0.0917. The number of carbonyl (C=O) groups excluding carboxylic acids is 1. The Labute approximate surface area is 207 Å². The van der Waals surface area contributed by atoms with Gasteiger partial charge in [-0.05, 0) is 85.4 Å². The Morgan fingerprint density at radius 2 is 2.00 bits per heavy atom. The van der Waals surface area contributed by atoms with Crippen molar-refractivity contribution in [3.63, 3.8) is 0 Å². The van der Waals surface area contributed by atoms with Crippen LogP contribution < -0.4 is 10.6 Å². The predicted octanol–water partition coefficient (Wildman–Crippen LogP) is 4.94. The first-order chi connectivity index (χ1) is 15.3. The SMILES string of the molecule is Cc1cccc(NC(=O)CCN2C(=S)N[C@H](c3ccccn3)[C@@H]2c2c(C)[nH]c(C)c2I)c1. The third kappa shape index (κ3) is 4.66. The molecule has 1 saturated heterocycles. The third-order valence-electron chi connectivity index (χ3n) is 5.72. The summed E-state index contributed by atoms with van der Waals surface area (Å²) in [4.78, 5) is 22.9. The summed E-state index contributed by atoms with van der Waals surface area (Å²) >= 11 is 8.12. The van der Waals surface area contributed by atoms with Gasteiger partial charge in [0.25, 0.3) is 0 Å². The summed E-state index contributed by atoms with van der Waals surface area (Å²) in [5, 5.41) is 7.10. The van der Waals surface area contributed by atoms with Crippen molar-refractivity contribution in [2.75, 3.05) is 11.9 Å². The van der Waals surface area contributed by atoms with Crippen molar-refractivity contribution in [1.82, 2.24) is 20.2 Å². The van der Waals surface area contributed by atoms with E-state index in [0.717, 1.165) is 28.3 Å². The molecule has 0 unspecified atom stereocenters. The number of hydrogen-bond acceptors (Lipinski definition) is 3. The lowest BCUT2D eigenvalue weighted by Gasteiger charge is -2.28. The summed E-state index contributed by atoms with van der Waals surface area (Å²) in [6, 6.07) is 13.6. The van der Waals surface area contributed by atoms with E-state index in [1.165, 1.54) is 9.13 Å². The molecule has 1 aliphatic heterocycles. The Hall–Kier alpha value is -2.46. The van der Waals surface area contributed by atoms with Crippen molar-refractivity contribution in [2.24, 2.45) is 0 Å². The van der Waals surface area contributed by atoms with Gasteiger partial charge in [-0.15, -0.1) is 0 Å². The van der Waals surface area contributed by atoms with Gasteiger partial charge in [-0.2, -0.15) is 0 Å². The van der Waals surface area contributed by atoms with Gasteiger partial charge in [0.05, 0.1) is 17.8 Å². The fraction of sp³-hybridized carbons (Fsp3) is 0.292. The van der Waals surface area contributed by atoms with E-state index in [-0.39, 0.29) is 18.0 Å². The zero-order chi connectivity index (χ0) is 22.8. The Bertz CT molecular complexity index is 1150. The van der Waals surface area contributed by atoms with Crippen LogP contribution in [0.15, 0.2) is 48.7 Å². The van der Waals surface area contributed by atoms with Gasteiger partial charge in [-0.1, -0.05) is 18.2 Å². The average Bonchev–Trinajstić information content (AvgIpc) is 3.21. The highest BCUT2D eigenvalue weighted by atomic mass is 127. The molecule has 0 radical (unpaired) electrons. The molecule has 0 spiro atoms. The Morgan fingerprint density at radius 3 is 2.66 bits per heavy atom. The fourth-order valence-corrected chi connectivity index (χ4v) is 5.44. The van der Waals surface area contributed by atoms with Crippen LogP contribution in [0.25, 0.3) is 0 Å². The number of thiocarbonyl (C=S) groups is 1. The van der Waals surface area contributed by atoms with Crippen molar-refractivity contribution in [2.45, 2.75) is 39.3 Å². The summed E-state index contributed by atoms with van der Waals surface area (Å²) in [7, 11) is 0. The molecule has 2 aromatic heterocycles. The molecule has 4 rings (SSSR count). The van der Waals surface area contributed by atoms with E-state index < -0.39 is 0 Å². The molecule has 2 atom stereocenters. The number of aryl methyl sites for hydroxylation is 3. The zero-order valence-electron chi connectivity index (χ0n) is 18.3. The number of carbonyl (C=O) groups is 1. The van der Waals surface area contributed by atoms with Crippen molar-refractivity contribution in [3.05, 3.63) is 80.4 Å². The van der Waals surface area contributed by atoms with Gasteiger partial charge in [-0.3, -0.25) is 9.78 Å². The standard InChI is InChI=1S/C24H26IN5OS/c1-14-7-6-8-17(13-14)28-19(31)10-12-30-23(20-15(2)27-16(3)21(20)25)22(29-24(30)32)18-9-4-5-11-26-18/h4-9,11,13,22-23,27H,10,12H2,1-3H3,(H,28,31)(H,29,32)/t22-,23+/m1/s1. The molecule has 0 aliphatic carbocycles. The van der Waals surface area contributed by atoms with Crippen molar-refractivity contribution >= 4 is 51.5 Å². The molecule has 1 aromatic carbocycles. The van der Waals surface area contributed by atoms with E-state index in [1.54, 1.807) is 6.20 Å². The van der Waals surface area contributed by atoms with Gasteiger partial charge in [0.15, 0.2) is 5.11 Å². The number of benzene rings is 1. The van der Waals surface area contributed by atoms with Crippen molar-refractivity contribution in [1.29, 1.82) is 0 Å². The molecule has 1 amide bonds. The molecular formula is C24H26IN5OS. The van der Waals surface area contributed by atoms with E-state index in [9.17, 15) is 4.79 Å². The molecule has 8 heteroatoms. The molecule has 3 aromatic rings. The summed E-state index contributed by atoms with van der Waals surface area (Å²) in [5.74, 6) is -0.0323. The first-order valence-corrected chi connectivity index (χ1v) is 12.0. The van der Waals surface area contributed by atoms with E-state index in [4.69, 9.17) is 12.2 Å². The highest BCUT2D eigenvalue weighted by molar-refractivity contribution is 14.1. The number of anilines is 1. The van der Waals surface area contributed by atoms with Gasteiger partial charge < -0.3 is 20.5 Å². The quantitative estimate of drug-likeness (QED) is 0.295. The van der Waals surface area contributed by atoms with Crippen LogP contribution in [0.1, 0.15) is 46.7 Å². The van der Waals surface area contributed by atoms with Gasteiger partial charge in [0.2, 0.25) is 5.91 Å². The van der Waals surface area contributed by atoms with Crippen LogP contribution in [0.4, 0.5) is 5.69 Å². The van der Waals surface area contributed by atoms with Crippen LogP contribution >= 0.6 is 34.8 Å². The van der Waals surface area contributed by atoms with Gasteiger partial charge >= 0.3 is 0 Å². The van der Waals surface area contributed by atoms with Gasteiger partial charge in [-0.25, -0.2) is 0 Å². The maximum absolute atomic E-state index is 12.7. The highest BCUT2D eigenvalue weighted by Gasteiger charge is 2.42. The number of aromatic amines is 1. The number of aromatic nitrogens is 2. The summed E-state index contributed by atoms with van der Waals surface area (Å²) in [6.45, 7) is 6.69. The van der Waals surface area contributed by atoms with Crippen LogP contribution in [0, 0.1) is 24.3 Å². The number of rotatable bonds is 6. The molecule has 166 valence electrons. The van der Waals surface area contributed by atoms with E-state index in [0.29, 0.717) is 18.1 Å². The Balaban J connectivity index is 1.59. The molecule has 1 fully saturated rings. The first kappa shape index (κ1) is 22.7. The molecule has 32 heavy (non-hydrogen) atoms. The van der Waals surface area contributed by atoms with Crippen LogP contribution in [0.5, 0.6) is 0 Å². The number of pyridine rings is 1. The fourth-order valence-electron chi connectivity index (χ4n) is 4.25. The van der Waals surface area contributed by atoms with Crippen LogP contribution in [0.3, 0.4) is 0 Å². The predicted molar refractivity (Wildman–Crippen MR) is 140 cm³/mol. The third-order valence-corrected chi connectivity index (χ3v) is 7.46. The summed E-state index contributed by atoms with van der Waals surface area (Å²) in [5.41, 5.74) is 6.29. The maximum atomic E-state index is 12.7. The highest BCUT2D eigenvalue weighted by Crippen LogP contribution is 2.42. The minimum absolute atomic E-state index is 0.0323. The second kappa shape index (κ2) is 9.58. The van der Waals surface area contributed by atoms with Gasteiger partial charge in [0, 0.05) is 45.4 Å². The Morgan fingerprint density at radius 1 is 1.19 bits per heavy atom. The molecule has 6 nitrogen and oxygen atoms in total. The Kier molecular flexibility index (Phi) is 6.80. The number of nitrogens with one attached hydrogen (secondary N) is 3. The minimum Gasteiger partial charge on any atom is -0.362 e. The first-order valence-electron chi connectivity index (χ1n) is 10.5. The van der Waals surface area contributed by atoms with Gasteiger partial charge in [0.1, 0.15) is 0 Å². The van der Waals surface area contributed by atoms with E-state index in [1.807, 2.05) is 49.4 Å². The molecule has 0 saturated carbocycles. The zero-order valence-corrected chi connectivity index (χ0v) is 21.3. The molecule has 3 heterocycles. The van der Waals surface area contributed by atoms with Crippen LogP contribution in [-0.4, -0.2) is 32.4 Å². The number of nitrogens with zero attached hydrogens (tertiary/aromatic N) is 2. The lowest BCUT2D eigenvalue weighted by atomic mass is 9.96. The van der Waals surface area contributed by atoms with Crippen molar-refractivity contribution in [3.8, 4) is 0 Å². The van der Waals surface area contributed by atoms with Crippen LogP contribution in [-0.2, 0) is 4.79 Å². The number of halogens is 1. The maximum Gasteiger partial charge on any atom is 0.226 e. The number of amides is 1. The smallest absolute Gasteiger partial charge is 0.226 e. The van der Waals surface area contributed by atoms with Crippen molar-refractivity contribution < 1.29 is 4.79 Å². The van der Waals surface area contributed by atoms with Crippen LogP contribution in [0.2, 0.25) is 0 Å². The van der Waals surface area contributed by atoms with E-state index in [2.05, 4.69) is 61.9 Å². The lowest BCUT2D eigenvalue weighted by molar-refractivity contribution is -0.116. The van der Waals surface area contributed by atoms with E-state index >= 15 is 0 Å². The monoisotopic (exact) mass is 559 g/mol. The topological polar surface area (TPSA) is 73.1 Å². The molecule has 0 bridgehead atoms.